The summed E-state index contributed by atoms with van der Waals surface area (Å²) >= 11 is 0. The van der Waals surface area contributed by atoms with Crippen molar-refractivity contribution in [2.24, 2.45) is 0 Å². The lowest BCUT2D eigenvalue weighted by Gasteiger charge is -2.39. The van der Waals surface area contributed by atoms with Gasteiger partial charge in [-0.1, -0.05) is 60.5 Å². The molecule has 39 heavy (non-hydrogen) atoms. The van der Waals surface area contributed by atoms with Gasteiger partial charge in [0.1, 0.15) is 10.6 Å². The number of rotatable bonds is 9. The highest BCUT2D eigenvalue weighted by Gasteiger charge is 2.45. The number of ether oxygens (including phenoxy) is 1. The molecule has 206 valence electrons. The number of aliphatic hydroxyl groups excluding tert-OH is 1. The predicted molar refractivity (Wildman–Crippen MR) is 151 cm³/mol. The fourth-order valence-electron chi connectivity index (χ4n) is 4.46. The quantitative estimate of drug-likeness (QED) is 0.329. The molecule has 0 amide bonds. The lowest BCUT2D eigenvalue weighted by molar-refractivity contribution is 0.104. The van der Waals surface area contributed by atoms with Crippen molar-refractivity contribution in [3.8, 4) is 11.5 Å². The minimum atomic E-state index is -4.23. The van der Waals surface area contributed by atoms with Crippen molar-refractivity contribution < 1.29 is 30.9 Å². The Morgan fingerprint density at radius 1 is 0.872 bits per heavy atom. The minimum Gasteiger partial charge on any atom is -0.478 e. The van der Waals surface area contributed by atoms with Crippen molar-refractivity contribution in [3.63, 3.8) is 0 Å². The van der Waals surface area contributed by atoms with Gasteiger partial charge in [0.05, 0.1) is 4.91 Å². The number of para-hydroxylation sites is 1. The minimum absolute atomic E-state index is 0.0113. The van der Waals surface area contributed by atoms with E-state index in [-0.39, 0.29) is 28.4 Å². The molecule has 4 rings (SSSR count). The van der Waals surface area contributed by atoms with Gasteiger partial charge < -0.3 is 14.0 Å². The topological polar surface area (TPSA) is 107 Å². The van der Waals surface area contributed by atoms with Crippen molar-refractivity contribution >= 4 is 20.0 Å². The molecule has 0 aliphatic heterocycles. The van der Waals surface area contributed by atoms with Crippen molar-refractivity contribution in [3.05, 3.63) is 112 Å². The second-order valence-corrected chi connectivity index (χ2v) is 13.4. The van der Waals surface area contributed by atoms with Crippen LogP contribution in [0.1, 0.15) is 43.4 Å². The van der Waals surface area contributed by atoms with Crippen LogP contribution in [0, 0.1) is 13.8 Å². The number of sulfone groups is 1. The lowest BCUT2D eigenvalue weighted by atomic mass is 9.79. The van der Waals surface area contributed by atoms with E-state index >= 15 is 0 Å². The number of allylic oxidation sites excluding steroid dienone is 2. The second-order valence-electron chi connectivity index (χ2n) is 9.66. The third-order valence-electron chi connectivity index (χ3n) is 6.77. The van der Waals surface area contributed by atoms with Gasteiger partial charge in [-0.15, -0.1) is 0 Å². The Labute approximate surface area is 230 Å². The molecule has 0 fully saturated rings. The zero-order valence-electron chi connectivity index (χ0n) is 22.3. The SMILES string of the molecule is CCC(O)S(=O)(=O)C1=CC=C(C)C(Oc2ccccc2)(c2cc(C)ccc2OS(=O)(=O)c2ccc(C)cc2)C1. The van der Waals surface area contributed by atoms with E-state index in [1.165, 1.54) is 18.2 Å². The summed E-state index contributed by atoms with van der Waals surface area (Å²) in [5, 5.41) is 10.3. The van der Waals surface area contributed by atoms with E-state index in [4.69, 9.17) is 8.92 Å². The van der Waals surface area contributed by atoms with E-state index in [1.807, 2.05) is 19.9 Å². The second kappa shape index (κ2) is 11.0. The Balaban J connectivity index is 1.91. The van der Waals surface area contributed by atoms with Crippen LogP contribution in [-0.2, 0) is 25.6 Å². The van der Waals surface area contributed by atoms with Gasteiger partial charge in [0.2, 0.25) is 9.84 Å². The fraction of sp³-hybridized carbons (Fsp3) is 0.267. The molecule has 1 aliphatic rings. The summed E-state index contributed by atoms with van der Waals surface area (Å²) in [6.07, 6.45) is 2.94. The molecule has 3 aromatic carbocycles. The maximum Gasteiger partial charge on any atom is 0.339 e. The first-order chi connectivity index (χ1) is 18.4. The first-order valence-electron chi connectivity index (χ1n) is 12.6. The van der Waals surface area contributed by atoms with Crippen molar-refractivity contribution in [2.75, 3.05) is 0 Å². The maximum atomic E-state index is 13.3. The van der Waals surface area contributed by atoms with Crippen LogP contribution >= 0.6 is 0 Å². The van der Waals surface area contributed by atoms with E-state index in [0.29, 0.717) is 16.9 Å². The highest BCUT2D eigenvalue weighted by Crippen LogP contribution is 2.48. The van der Waals surface area contributed by atoms with E-state index in [1.54, 1.807) is 74.5 Å². The predicted octanol–water partition coefficient (Wildman–Crippen LogP) is 5.72. The Bertz CT molecular complexity index is 1620. The smallest absolute Gasteiger partial charge is 0.339 e. The molecule has 0 spiro atoms. The third-order valence-corrected chi connectivity index (χ3v) is 10.1. The first kappa shape index (κ1) is 28.6. The summed E-state index contributed by atoms with van der Waals surface area (Å²) < 4.78 is 65.4. The number of hydrogen-bond donors (Lipinski definition) is 1. The Morgan fingerprint density at radius 2 is 1.51 bits per heavy atom. The summed E-state index contributed by atoms with van der Waals surface area (Å²) in [7, 11) is -8.31. The van der Waals surface area contributed by atoms with Crippen LogP contribution in [0.3, 0.4) is 0 Å². The molecule has 0 bridgehead atoms. The standard InChI is InChI=1S/C30H32O7S2/c1-5-29(31)38(32,33)26-17-14-23(4)30(20-26,36-24-9-7-6-8-10-24)27-19-22(3)13-18-28(27)37-39(34,35)25-15-11-21(2)12-16-25/h6-19,29,31H,5,20H2,1-4H3. The van der Waals surface area contributed by atoms with Crippen LogP contribution in [0.5, 0.6) is 11.5 Å². The molecule has 2 unspecified atom stereocenters. The van der Waals surface area contributed by atoms with Crippen LogP contribution in [0.2, 0.25) is 0 Å². The molecule has 0 aromatic heterocycles. The molecular weight excluding hydrogens is 536 g/mol. The maximum absolute atomic E-state index is 13.3. The molecule has 1 aliphatic carbocycles. The summed E-state index contributed by atoms with van der Waals surface area (Å²) in [6, 6.07) is 20.2. The molecule has 0 heterocycles. The fourth-order valence-corrected chi connectivity index (χ4v) is 6.86. The van der Waals surface area contributed by atoms with Crippen molar-refractivity contribution in [1.82, 2.24) is 0 Å². The first-order valence-corrected chi connectivity index (χ1v) is 15.5. The largest absolute Gasteiger partial charge is 0.478 e. The number of benzene rings is 3. The molecule has 9 heteroatoms. The van der Waals surface area contributed by atoms with E-state index in [0.717, 1.165) is 11.1 Å². The zero-order chi connectivity index (χ0) is 28.4. The highest BCUT2D eigenvalue weighted by molar-refractivity contribution is 7.95. The van der Waals surface area contributed by atoms with Gasteiger partial charge in [-0.05, 0) is 75.2 Å². The lowest BCUT2D eigenvalue weighted by Crippen LogP contribution is -2.39. The molecule has 0 saturated carbocycles. The summed E-state index contributed by atoms with van der Waals surface area (Å²) in [6.45, 7) is 7.07. The van der Waals surface area contributed by atoms with Gasteiger partial charge in [-0.25, -0.2) is 8.42 Å². The number of aryl methyl sites for hydroxylation is 2. The van der Waals surface area contributed by atoms with Gasteiger partial charge in [0.25, 0.3) is 0 Å². The van der Waals surface area contributed by atoms with Gasteiger partial charge in [0.15, 0.2) is 16.8 Å². The average molecular weight is 569 g/mol. The van der Waals surface area contributed by atoms with Gasteiger partial charge in [-0.2, -0.15) is 8.42 Å². The molecular formula is C30H32O7S2. The van der Waals surface area contributed by atoms with E-state index in [9.17, 15) is 21.9 Å². The van der Waals surface area contributed by atoms with Gasteiger partial charge >= 0.3 is 10.1 Å². The molecule has 7 nitrogen and oxygen atoms in total. The van der Waals surface area contributed by atoms with Crippen LogP contribution in [0.15, 0.2) is 100 Å². The molecule has 0 saturated heterocycles. The van der Waals surface area contributed by atoms with Crippen LogP contribution in [-0.4, -0.2) is 27.4 Å². The number of aliphatic hydroxyl groups is 1. The van der Waals surface area contributed by atoms with Crippen molar-refractivity contribution in [2.45, 2.75) is 56.5 Å². The summed E-state index contributed by atoms with van der Waals surface area (Å²) in [5.41, 5.74) is -0.350. The van der Waals surface area contributed by atoms with Crippen LogP contribution in [0.4, 0.5) is 0 Å². The summed E-state index contributed by atoms with van der Waals surface area (Å²) in [4.78, 5) is -0.0324. The van der Waals surface area contributed by atoms with Crippen LogP contribution < -0.4 is 8.92 Å². The van der Waals surface area contributed by atoms with Gasteiger partial charge in [-0.3, -0.25) is 0 Å². The van der Waals surface area contributed by atoms with Gasteiger partial charge in [0, 0.05) is 12.0 Å². The highest BCUT2D eigenvalue weighted by atomic mass is 32.2. The van der Waals surface area contributed by atoms with E-state index in [2.05, 4.69) is 0 Å². The van der Waals surface area contributed by atoms with Crippen LogP contribution in [0.25, 0.3) is 0 Å². The van der Waals surface area contributed by atoms with Crippen molar-refractivity contribution in [1.29, 1.82) is 0 Å². The van der Waals surface area contributed by atoms with E-state index < -0.39 is 31.0 Å². The Morgan fingerprint density at radius 3 is 2.15 bits per heavy atom. The third kappa shape index (κ3) is 5.80. The Kier molecular flexibility index (Phi) is 8.07. The molecule has 1 N–H and O–H groups in total. The number of hydrogen-bond acceptors (Lipinski definition) is 7. The normalized spacial score (nSPS) is 18.6. The molecule has 2 atom stereocenters. The molecule has 3 aromatic rings. The average Bonchev–Trinajstić information content (AvgIpc) is 2.91. The monoisotopic (exact) mass is 568 g/mol. The zero-order valence-corrected chi connectivity index (χ0v) is 23.9. The molecule has 0 radical (unpaired) electrons. The Hall–Kier alpha value is -3.40. The summed E-state index contributed by atoms with van der Waals surface area (Å²) in [5.74, 6) is 0.466.